The maximum absolute atomic E-state index is 12.6. The van der Waals surface area contributed by atoms with Crippen LogP contribution < -0.4 is 0 Å². The molecule has 0 aliphatic carbocycles. The topological polar surface area (TPSA) is 68.5 Å². The Hall–Kier alpha value is -2.37. The summed E-state index contributed by atoms with van der Waals surface area (Å²) in [5.74, 6) is 0.392. The number of carbonyl (C=O) groups is 1. The third-order valence-corrected chi connectivity index (χ3v) is 3.66. The highest BCUT2D eigenvalue weighted by Crippen LogP contribution is 2.30. The molecular weight excluding hydrogens is 294 g/mol. The average Bonchev–Trinajstić information content (AvgIpc) is 2.92. The van der Waals surface area contributed by atoms with Gasteiger partial charge in [0.1, 0.15) is 16.6 Å². The van der Waals surface area contributed by atoms with Gasteiger partial charge < -0.3 is 4.74 Å². The third-order valence-electron chi connectivity index (χ3n) is 3.66. The lowest BCUT2D eigenvalue weighted by atomic mass is 9.98. The fourth-order valence-electron chi connectivity index (χ4n) is 2.61. The number of amides is 1. The van der Waals surface area contributed by atoms with Crippen LogP contribution in [-0.2, 0) is 4.74 Å². The van der Waals surface area contributed by atoms with Crippen LogP contribution in [0.5, 0.6) is 0 Å². The first kappa shape index (κ1) is 15.5. The molecule has 0 fully saturated rings. The summed E-state index contributed by atoms with van der Waals surface area (Å²) < 4.78 is 10.3. The third kappa shape index (κ3) is 3.36. The molecule has 1 unspecified atom stereocenters. The van der Waals surface area contributed by atoms with Gasteiger partial charge in [-0.05, 0) is 55.6 Å². The predicted octanol–water partition coefficient (Wildman–Crippen LogP) is 3.84. The van der Waals surface area contributed by atoms with Crippen molar-refractivity contribution >= 4 is 22.8 Å². The Labute approximate surface area is 135 Å². The van der Waals surface area contributed by atoms with Crippen LogP contribution in [0.1, 0.15) is 39.7 Å². The molecule has 1 amide bonds. The fraction of sp³-hybridized carbons (Fsp3) is 0.471. The highest BCUT2D eigenvalue weighted by Gasteiger charge is 2.29. The molecular formula is C17H21N3O3. The molecule has 0 spiro atoms. The van der Waals surface area contributed by atoms with Crippen LogP contribution in [0.3, 0.4) is 0 Å². The highest BCUT2D eigenvalue weighted by molar-refractivity contribution is 5.86. The highest BCUT2D eigenvalue weighted by atomic mass is 16.6. The summed E-state index contributed by atoms with van der Waals surface area (Å²) in [4.78, 5) is 14.3. The Morgan fingerprint density at radius 2 is 2.04 bits per heavy atom. The Balaban J connectivity index is 1.95. The molecule has 122 valence electrons. The second kappa shape index (κ2) is 5.68. The second-order valence-corrected chi connectivity index (χ2v) is 6.99. The van der Waals surface area contributed by atoms with Gasteiger partial charge in [-0.2, -0.15) is 0 Å². The van der Waals surface area contributed by atoms with Gasteiger partial charge in [0, 0.05) is 12.1 Å². The molecule has 2 aromatic rings. The summed E-state index contributed by atoms with van der Waals surface area (Å²) in [6, 6.07) is 5.64. The molecule has 2 heterocycles. The molecule has 6 heteroatoms. The number of nitrogens with zero attached hydrogens (tertiary/aromatic N) is 3. The first-order chi connectivity index (χ1) is 10.8. The number of rotatable bonds is 1. The van der Waals surface area contributed by atoms with Crippen LogP contribution in [0.15, 0.2) is 28.9 Å². The van der Waals surface area contributed by atoms with Crippen LogP contribution >= 0.6 is 0 Å². The van der Waals surface area contributed by atoms with Crippen LogP contribution in [0.25, 0.3) is 16.7 Å². The van der Waals surface area contributed by atoms with Crippen molar-refractivity contribution in [1.29, 1.82) is 0 Å². The van der Waals surface area contributed by atoms with Crippen molar-refractivity contribution in [3.63, 3.8) is 0 Å². The molecule has 0 saturated heterocycles. The van der Waals surface area contributed by atoms with Crippen molar-refractivity contribution in [1.82, 2.24) is 15.2 Å². The molecule has 0 radical (unpaired) electrons. The van der Waals surface area contributed by atoms with Crippen LogP contribution in [-0.4, -0.2) is 33.5 Å². The average molecular weight is 315 g/mol. The van der Waals surface area contributed by atoms with E-state index < -0.39 is 5.60 Å². The molecule has 0 N–H and O–H groups in total. The maximum Gasteiger partial charge on any atom is 0.414 e. The van der Waals surface area contributed by atoms with E-state index in [9.17, 15) is 4.79 Å². The van der Waals surface area contributed by atoms with Gasteiger partial charge in [-0.25, -0.2) is 9.42 Å². The normalized spacial score (nSPS) is 18.9. The van der Waals surface area contributed by atoms with Crippen molar-refractivity contribution in [2.24, 2.45) is 5.92 Å². The van der Waals surface area contributed by atoms with E-state index in [0.29, 0.717) is 23.5 Å². The number of hydrogen-bond donors (Lipinski definition) is 0. The van der Waals surface area contributed by atoms with E-state index in [1.165, 1.54) is 0 Å². The van der Waals surface area contributed by atoms with Crippen LogP contribution in [0, 0.1) is 5.92 Å². The zero-order valence-corrected chi connectivity index (χ0v) is 13.9. The molecule has 1 aromatic carbocycles. The van der Waals surface area contributed by atoms with Crippen molar-refractivity contribution in [2.75, 3.05) is 6.54 Å². The van der Waals surface area contributed by atoms with E-state index in [0.717, 1.165) is 17.7 Å². The van der Waals surface area contributed by atoms with Gasteiger partial charge in [0.2, 0.25) is 0 Å². The smallest absolute Gasteiger partial charge is 0.414 e. The SMILES string of the molecule is CC1CC=C(c2ccc3nonc3c2)N(C(=O)OC(C)(C)C)C1. The number of aromatic nitrogens is 2. The van der Waals surface area contributed by atoms with Crippen LogP contribution in [0.2, 0.25) is 0 Å². The Morgan fingerprint density at radius 3 is 2.78 bits per heavy atom. The molecule has 1 atom stereocenters. The second-order valence-electron chi connectivity index (χ2n) is 6.99. The van der Waals surface area contributed by atoms with E-state index in [1.54, 1.807) is 4.90 Å². The number of fused-ring (bicyclic) bond motifs is 1. The first-order valence-corrected chi connectivity index (χ1v) is 7.77. The number of carbonyl (C=O) groups excluding carboxylic acids is 1. The van der Waals surface area contributed by atoms with Crippen molar-refractivity contribution < 1.29 is 14.2 Å². The first-order valence-electron chi connectivity index (χ1n) is 7.77. The van der Waals surface area contributed by atoms with Gasteiger partial charge in [0.25, 0.3) is 0 Å². The Morgan fingerprint density at radius 1 is 1.30 bits per heavy atom. The molecule has 1 aliphatic rings. The number of hydrogen-bond acceptors (Lipinski definition) is 5. The summed E-state index contributed by atoms with van der Waals surface area (Å²) in [5, 5.41) is 7.68. The van der Waals surface area contributed by atoms with Gasteiger partial charge in [-0.15, -0.1) is 0 Å². The zero-order chi connectivity index (χ0) is 16.6. The van der Waals surface area contributed by atoms with Gasteiger partial charge in [-0.3, -0.25) is 4.90 Å². The van der Waals surface area contributed by atoms with Gasteiger partial charge >= 0.3 is 6.09 Å². The van der Waals surface area contributed by atoms with Gasteiger partial charge in [-0.1, -0.05) is 19.1 Å². The van der Waals surface area contributed by atoms with E-state index in [1.807, 2.05) is 39.0 Å². The van der Waals surface area contributed by atoms with Crippen molar-refractivity contribution in [2.45, 2.75) is 39.7 Å². The standard InChI is InChI=1S/C17H21N3O3/c1-11-5-8-15(20(10-11)16(21)22-17(2,3)4)12-6-7-13-14(9-12)19-23-18-13/h6-9,11H,5,10H2,1-4H3. The quantitative estimate of drug-likeness (QED) is 0.799. The number of ether oxygens (including phenoxy) is 1. The molecule has 0 bridgehead atoms. The summed E-state index contributed by atoms with van der Waals surface area (Å²) in [6.07, 6.45) is 2.67. The number of benzene rings is 1. The van der Waals surface area contributed by atoms with E-state index in [4.69, 9.17) is 9.37 Å². The lowest BCUT2D eigenvalue weighted by Crippen LogP contribution is -2.39. The predicted molar refractivity (Wildman–Crippen MR) is 86.5 cm³/mol. The van der Waals surface area contributed by atoms with Crippen LogP contribution in [0.4, 0.5) is 4.79 Å². The molecule has 6 nitrogen and oxygen atoms in total. The maximum atomic E-state index is 12.6. The van der Waals surface area contributed by atoms with Gasteiger partial charge in [0.15, 0.2) is 0 Å². The van der Waals surface area contributed by atoms with Gasteiger partial charge in [0.05, 0.1) is 5.70 Å². The molecule has 3 rings (SSSR count). The lowest BCUT2D eigenvalue weighted by molar-refractivity contribution is 0.0327. The Bertz CT molecular complexity index is 758. The summed E-state index contributed by atoms with van der Waals surface area (Å²) in [5.41, 5.74) is 2.60. The van der Waals surface area contributed by atoms with E-state index in [2.05, 4.69) is 23.3 Å². The molecule has 1 aromatic heterocycles. The summed E-state index contributed by atoms with van der Waals surface area (Å²) in [7, 11) is 0. The molecule has 23 heavy (non-hydrogen) atoms. The largest absolute Gasteiger partial charge is 0.443 e. The zero-order valence-electron chi connectivity index (χ0n) is 13.9. The Kier molecular flexibility index (Phi) is 3.83. The number of allylic oxidation sites excluding steroid dienone is 1. The van der Waals surface area contributed by atoms with E-state index in [-0.39, 0.29) is 6.09 Å². The van der Waals surface area contributed by atoms with E-state index >= 15 is 0 Å². The fourth-order valence-corrected chi connectivity index (χ4v) is 2.61. The minimum atomic E-state index is -0.525. The minimum Gasteiger partial charge on any atom is -0.443 e. The van der Waals surface area contributed by atoms with Crippen molar-refractivity contribution in [3.8, 4) is 0 Å². The lowest BCUT2D eigenvalue weighted by Gasteiger charge is -2.33. The molecule has 0 saturated carbocycles. The summed E-state index contributed by atoms with van der Waals surface area (Å²) >= 11 is 0. The minimum absolute atomic E-state index is 0.325. The monoisotopic (exact) mass is 315 g/mol. The summed E-state index contributed by atoms with van der Waals surface area (Å²) in [6.45, 7) is 8.36. The molecule has 1 aliphatic heterocycles. The van der Waals surface area contributed by atoms with Crippen molar-refractivity contribution in [3.05, 3.63) is 29.8 Å².